The molecule has 2 aromatic heterocycles. The maximum Gasteiger partial charge on any atom is 0.169 e. The number of carbonyl (C=O) groups is 1. The van der Waals surface area contributed by atoms with Crippen molar-refractivity contribution in [3.05, 3.63) is 38.8 Å². The lowest BCUT2D eigenvalue weighted by molar-refractivity contribution is 0.0991. The number of hydrogen-bond acceptors (Lipinski definition) is 3. The lowest BCUT2D eigenvalue weighted by atomic mass is 10.1. The van der Waals surface area contributed by atoms with Crippen molar-refractivity contribution in [2.45, 2.75) is 19.8 Å². The van der Waals surface area contributed by atoms with Gasteiger partial charge in [0.05, 0.1) is 22.8 Å². The molecule has 17 heavy (non-hydrogen) atoms. The molecule has 0 saturated carbocycles. The van der Waals surface area contributed by atoms with Gasteiger partial charge >= 0.3 is 0 Å². The number of Topliss-reactive ketones (excluding diaryl/α,β-unsaturated/α-hetero) is 1. The van der Waals surface area contributed by atoms with Gasteiger partial charge in [-0.2, -0.15) is 16.4 Å². The molecule has 2 aromatic rings. The van der Waals surface area contributed by atoms with Gasteiger partial charge in [0.15, 0.2) is 5.78 Å². The van der Waals surface area contributed by atoms with Gasteiger partial charge in [-0.05, 0) is 17.9 Å². The standard InChI is InChI=1S/C12H13ClN2OS/c1-3-9-12(13)10(15(2)14-9)6-11(16)8-4-5-17-7-8/h4-5,7H,3,6H2,1-2H3. The molecular formula is C12H13ClN2OS. The fraction of sp³-hybridized carbons (Fsp3) is 0.333. The minimum atomic E-state index is 0.0822. The monoisotopic (exact) mass is 268 g/mol. The van der Waals surface area contributed by atoms with Gasteiger partial charge in [-0.1, -0.05) is 18.5 Å². The van der Waals surface area contributed by atoms with Gasteiger partial charge in [0.1, 0.15) is 0 Å². The number of ketones is 1. The SMILES string of the molecule is CCc1nn(C)c(CC(=O)c2ccsc2)c1Cl. The van der Waals surface area contributed by atoms with E-state index in [-0.39, 0.29) is 5.78 Å². The van der Waals surface area contributed by atoms with Crippen LogP contribution in [0.15, 0.2) is 16.8 Å². The fourth-order valence-electron chi connectivity index (χ4n) is 1.69. The topological polar surface area (TPSA) is 34.9 Å². The lowest BCUT2D eigenvalue weighted by Crippen LogP contribution is -2.07. The van der Waals surface area contributed by atoms with Gasteiger partial charge in [-0.15, -0.1) is 0 Å². The first-order chi connectivity index (χ1) is 8.13. The normalized spacial score (nSPS) is 10.8. The number of aromatic nitrogens is 2. The molecule has 0 aliphatic carbocycles. The van der Waals surface area contributed by atoms with Gasteiger partial charge in [0.2, 0.25) is 0 Å². The summed E-state index contributed by atoms with van der Waals surface area (Å²) in [7, 11) is 1.82. The van der Waals surface area contributed by atoms with Crippen LogP contribution in [0, 0.1) is 0 Å². The van der Waals surface area contributed by atoms with Gasteiger partial charge in [0, 0.05) is 18.0 Å². The molecule has 90 valence electrons. The number of rotatable bonds is 4. The summed E-state index contributed by atoms with van der Waals surface area (Å²) in [6.07, 6.45) is 1.08. The van der Waals surface area contributed by atoms with E-state index in [2.05, 4.69) is 5.10 Å². The van der Waals surface area contributed by atoms with Crippen molar-refractivity contribution in [1.29, 1.82) is 0 Å². The maximum atomic E-state index is 12.0. The molecule has 0 atom stereocenters. The molecule has 2 heterocycles. The molecule has 0 bridgehead atoms. The molecule has 0 unspecified atom stereocenters. The molecule has 0 aromatic carbocycles. The van der Waals surface area contributed by atoms with Crippen LogP contribution in [-0.4, -0.2) is 15.6 Å². The molecule has 0 amide bonds. The third-order valence-electron chi connectivity index (χ3n) is 2.67. The van der Waals surface area contributed by atoms with E-state index in [4.69, 9.17) is 11.6 Å². The molecule has 2 rings (SSSR count). The van der Waals surface area contributed by atoms with Gasteiger partial charge in [-0.3, -0.25) is 9.48 Å². The number of hydrogen-bond donors (Lipinski definition) is 0. The summed E-state index contributed by atoms with van der Waals surface area (Å²) in [5, 5.41) is 8.67. The van der Waals surface area contributed by atoms with E-state index in [1.54, 1.807) is 4.68 Å². The second-order valence-electron chi connectivity index (χ2n) is 3.80. The predicted molar refractivity (Wildman–Crippen MR) is 69.9 cm³/mol. The molecule has 0 aliphatic rings. The van der Waals surface area contributed by atoms with Gasteiger partial charge < -0.3 is 0 Å². The lowest BCUT2D eigenvalue weighted by Gasteiger charge is -2.00. The van der Waals surface area contributed by atoms with Crippen molar-refractivity contribution >= 4 is 28.7 Å². The van der Waals surface area contributed by atoms with Crippen LogP contribution in [0.3, 0.4) is 0 Å². The van der Waals surface area contributed by atoms with E-state index in [9.17, 15) is 4.79 Å². The third-order valence-corrected chi connectivity index (χ3v) is 3.79. The van der Waals surface area contributed by atoms with Crippen LogP contribution >= 0.6 is 22.9 Å². The molecule has 0 saturated heterocycles. The Morgan fingerprint density at radius 2 is 2.35 bits per heavy atom. The quantitative estimate of drug-likeness (QED) is 0.799. The van der Waals surface area contributed by atoms with E-state index in [1.165, 1.54) is 11.3 Å². The number of nitrogens with zero attached hydrogens (tertiary/aromatic N) is 2. The van der Waals surface area contributed by atoms with Crippen molar-refractivity contribution in [1.82, 2.24) is 9.78 Å². The first kappa shape index (κ1) is 12.3. The average molecular weight is 269 g/mol. The highest BCUT2D eigenvalue weighted by molar-refractivity contribution is 7.08. The minimum Gasteiger partial charge on any atom is -0.294 e. The van der Waals surface area contributed by atoms with Crippen LogP contribution < -0.4 is 0 Å². The number of halogens is 1. The van der Waals surface area contributed by atoms with Crippen molar-refractivity contribution in [3.8, 4) is 0 Å². The Balaban J connectivity index is 2.25. The van der Waals surface area contributed by atoms with Crippen molar-refractivity contribution in [3.63, 3.8) is 0 Å². The molecule has 5 heteroatoms. The molecular weight excluding hydrogens is 256 g/mol. The van der Waals surface area contributed by atoms with Crippen molar-refractivity contribution < 1.29 is 4.79 Å². The third kappa shape index (κ3) is 2.42. The summed E-state index contributed by atoms with van der Waals surface area (Å²) in [5.41, 5.74) is 2.38. The van der Waals surface area contributed by atoms with E-state index in [1.807, 2.05) is 30.8 Å². The predicted octanol–water partition coefficient (Wildman–Crippen LogP) is 3.12. The molecule has 0 N–H and O–H groups in total. The maximum absolute atomic E-state index is 12.0. The highest BCUT2D eigenvalue weighted by Gasteiger charge is 2.17. The Kier molecular flexibility index (Phi) is 3.64. The number of aryl methyl sites for hydroxylation is 2. The second-order valence-corrected chi connectivity index (χ2v) is 4.95. The smallest absolute Gasteiger partial charge is 0.169 e. The Morgan fingerprint density at radius 1 is 1.59 bits per heavy atom. The number of thiophene rings is 1. The summed E-state index contributed by atoms with van der Waals surface area (Å²) in [4.78, 5) is 12.0. The first-order valence-corrected chi connectivity index (χ1v) is 6.71. The second kappa shape index (κ2) is 5.02. The Labute approximate surface area is 109 Å². The minimum absolute atomic E-state index is 0.0822. The summed E-state index contributed by atoms with van der Waals surface area (Å²) >= 11 is 7.72. The highest BCUT2D eigenvalue weighted by atomic mass is 35.5. The molecule has 0 radical (unpaired) electrons. The molecule has 0 spiro atoms. The molecule has 0 fully saturated rings. The van der Waals surface area contributed by atoms with Crippen LogP contribution in [0.5, 0.6) is 0 Å². The van der Waals surface area contributed by atoms with Crippen LogP contribution in [0.25, 0.3) is 0 Å². The van der Waals surface area contributed by atoms with E-state index in [0.717, 1.165) is 23.4 Å². The first-order valence-electron chi connectivity index (χ1n) is 5.39. The fourth-order valence-corrected chi connectivity index (χ4v) is 2.71. The zero-order valence-corrected chi connectivity index (χ0v) is 11.3. The molecule has 3 nitrogen and oxygen atoms in total. The average Bonchev–Trinajstić information content (AvgIpc) is 2.92. The van der Waals surface area contributed by atoms with Crippen molar-refractivity contribution in [2.75, 3.05) is 0 Å². The summed E-state index contributed by atoms with van der Waals surface area (Å²) < 4.78 is 1.70. The van der Waals surface area contributed by atoms with Crippen LogP contribution in [0.1, 0.15) is 28.7 Å². The van der Waals surface area contributed by atoms with Crippen LogP contribution in [-0.2, 0) is 19.9 Å². The van der Waals surface area contributed by atoms with Crippen molar-refractivity contribution in [2.24, 2.45) is 7.05 Å². The summed E-state index contributed by atoms with van der Waals surface area (Å²) in [5.74, 6) is 0.0822. The largest absolute Gasteiger partial charge is 0.294 e. The van der Waals surface area contributed by atoms with E-state index < -0.39 is 0 Å². The van der Waals surface area contributed by atoms with Gasteiger partial charge in [0.25, 0.3) is 0 Å². The van der Waals surface area contributed by atoms with E-state index >= 15 is 0 Å². The Morgan fingerprint density at radius 3 is 2.88 bits per heavy atom. The number of carbonyl (C=O) groups excluding carboxylic acids is 1. The summed E-state index contributed by atoms with van der Waals surface area (Å²) in [6.45, 7) is 2.00. The Hall–Kier alpha value is -1.13. The van der Waals surface area contributed by atoms with Gasteiger partial charge in [-0.25, -0.2) is 0 Å². The van der Waals surface area contributed by atoms with Crippen LogP contribution in [0.2, 0.25) is 5.02 Å². The zero-order chi connectivity index (χ0) is 12.4. The molecule has 0 aliphatic heterocycles. The van der Waals surface area contributed by atoms with E-state index in [0.29, 0.717) is 11.4 Å². The highest BCUT2D eigenvalue weighted by Crippen LogP contribution is 2.22. The summed E-state index contributed by atoms with van der Waals surface area (Å²) in [6, 6.07) is 1.83. The van der Waals surface area contributed by atoms with Crippen LogP contribution in [0.4, 0.5) is 0 Å². The Bertz CT molecular complexity index is 531. The zero-order valence-electron chi connectivity index (χ0n) is 9.74.